The molecule has 2 aromatic carbocycles. The van der Waals surface area contributed by atoms with Gasteiger partial charge in [-0.2, -0.15) is 4.98 Å². The Bertz CT molecular complexity index is 2220. The number of methoxy groups -OCH3 is 1. The molecule has 0 saturated heterocycles. The lowest BCUT2D eigenvalue weighted by molar-refractivity contribution is -0.124. The highest BCUT2D eigenvalue weighted by molar-refractivity contribution is 5.94. The van der Waals surface area contributed by atoms with Gasteiger partial charge in [-0.15, -0.1) is 0 Å². The number of nitrogens with zero attached hydrogens (tertiary/aromatic N) is 3. The lowest BCUT2D eigenvalue weighted by Crippen LogP contribution is -2.33. The highest BCUT2D eigenvalue weighted by Gasteiger charge is 2.57. The van der Waals surface area contributed by atoms with Crippen LogP contribution in [0.1, 0.15) is 121 Å². The van der Waals surface area contributed by atoms with Gasteiger partial charge in [0.1, 0.15) is 18.1 Å². The molecule has 12 heteroatoms. The average molecular weight is 847 g/mol. The zero-order valence-corrected chi connectivity index (χ0v) is 36.9. The first-order valence-corrected chi connectivity index (χ1v) is 23.5. The van der Waals surface area contributed by atoms with Crippen LogP contribution in [0.2, 0.25) is 0 Å². The predicted molar refractivity (Wildman–Crippen MR) is 244 cm³/mol. The smallest absolute Gasteiger partial charge is 0.257 e. The van der Waals surface area contributed by atoms with E-state index in [0.29, 0.717) is 64.7 Å². The van der Waals surface area contributed by atoms with Gasteiger partial charge in [-0.25, -0.2) is 4.98 Å². The van der Waals surface area contributed by atoms with Crippen molar-refractivity contribution in [3.8, 4) is 17.2 Å². The number of carbonyl (C=O) groups excluding carboxylic acids is 2. The molecule has 5 aliphatic carbocycles. The second kappa shape index (κ2) is 20.5. The summed E-state index contributed by atoms with van der Waals surface area (Å²) in [5.41, 5.74) is 3.22. The number of hydrogen-bond acceptors (Lipinski definition) is 9. The minimum absolute atomic E-state index is 0.00170. The Morgan fingerprint density at radius 3 is 2.34 bits per heavy atom. The van der Waals surface area contributed by atoms with Crippen molar-refractivity contribution in [1.29, 1.82) is 0 Å². The number of aryl methyl sites for hydroxylation is 1. The largest absolute Gasteiger partial charge is 0.494 e. The number of nitrogens with one attached hydrogen (secondary N) is 3. The Labute approximate surface area is 366 Å². The van der Waals surface area contributed by atoms with Crippen molar-refractivity contribution in [3.63, 3.8) is 0 Å². The van der Waals surface area contributed by atoms with E-state index in [1.807, 2.05) is 43.3 Å². The standard InChI is InChI=1S/C50H66N6O6/c1-34-24-46(58)56(40-15-13-14-39(28-40)53-48(59)37-16-17-37)47-42(34)33-52-49(55-47)54-43-19-18-41(29-44(43)60-2)62-23-22-61-21-12-10-8-6-4-3-5-7-9-11-20-51-45(57)32-50-30-35-25-36(31-50)27-38(50)26-35/h13-15,18-19,24,28-29,33,35-38H,3-12,16-17,20-23,25-27,30-32H2,1-2H3,(H,51,57)(H,53,59)(H,52,54,55). The van der Waals surface area contributed by atoms with E-state index in [-0.39, 0.29) is 17.4 Å². The van der Waals surface area contributed by atoms with Crippen LogP contribution in [0.5, 0.6) is 11.5 Å². The molecule has 0 spiro atoms. The van der Waals surface area contributed by atoms with E-state index in [9.17, 15) is 14.4 Å². The van der Waals surface area contributed by atoms with Crippen molar-refractivity contribution < 1.29 is 23.8 Å². The number of anilines is 3. The highest BCUT2D eigenvalue weighted by atomic mass is 16.5. The van der Waals surface area contributed by atoms with Crippen LogP contribution in [0.4, 0.5) is 17.3 Å². The maximum atomic E-state index is 13.4. The molecule has 2 aromatic heterocycles. The maximum absolute atomic E-state index is 13.4. The fourth-order valence-electron chi connectivity index (χ4n) is 10.8. The molecule has 0 radical (unpaired) electrons. The number of carbonyl (C=O) groups is 2. The number of unbranched alkanes of at least 4 members (excludes halogenated alkanes) is 9. The van der Waals surface area contributed by atoms with E-state index in [1.54, 1.807) is 25.4 Å². The van der Waals surface area contributed by atoms with Gasteiger partial charge in [0.15, 0.2) is 5.65 Å². The van der Waals surface area contributed by atoms with E-state index < -0.39 is 0 Å². The Hall–Kier alpha value is -4.97. The van der Waals surface area contributed by atoms with Crippen LogP contribution in [0.15, 0.2) is 59.5 Å². The molecule has 332 valence electrons. The minimum atomic E-state index is -0.234. The second-order valence-electron chi connectivity index (χ2n) is 18.7. The van der Waals surface area contributed by atoms with Gasteiger partial charge in [0.05, 0.1) is 25.1 Å². The summed E-state index contributed by atoms with van der Waals surface area (Å²) < 4.78 is 19.0. The maximum Gasteiger partial charge on any atom is 0.257 e. The molecule has 12 nitrogen and oxygen atoms in total. The molecule has 2 amide bonds. The van der Waals surface area contributed by atoms with Crippen molar-refractivity contribution in [2.24, 2.45) is 29.1 Å². The molecule has 3 N–H and O–H groups in total. The first-order chi connectivity index (χ1) is 30.3. The summed E-state index contributed by atoms with van der Waals surface area (Å²) in [5.74, 6) is 4.58. The molecule has 2 heterocycles. The fourth-order valence-corrected chi connectivity index (χ4v) is 10.8. The Morgan fingerprint density at radius 2 is 1.60 bits per heavy atom. The molecule has 5 aliphatic rings. The number of pyridine rings is 1. The first-order valence-electron chi connectivity index (χ1n) is 23.5. The van der Waals surface area contributed by atoms with E-state index in [2.05, 4.69) is 20.9 Å². The summed E-state index contributed by atoms with van der Waals surface area (Å²) in [6, 6.07) is 14.3. The van der Waals surface area contributed by atoms with Crippen molar-refractivity contribution in [3.05, 3.63) is 70.6 Å². The number of rotatable bonds is 25. The van der Waals surface area contributed by atoms with Crippen molar-refractivity contribution in [1.82, 2.24) is 19.9 Å². The molecule has 5 saturated carbocycles. The fraction of sp³-hybridized carbons (Fsp3) is 0.580. The van der Waals surface area contributed by atoms with Gasteiger partial charge >= 0.3 is 0 Å². The van der Waals surface area contributed by atoms with Crippen LogP contribution >= 0.6 is 0 Å². The summed E-state index contributed by atoms with van der Waals surface area (Å²) in [5, 5.41) is 10.2. The first kappa shape index (κ1) is 43.7. The Morgan fingerprint density at radius 1 is 0.855 bits per heavy atom. The third kappa shape index (κ3) is 11.0. The van der Waals surface area contributed by atoms with Crippen LogP contribution in [0.3, 0.4) is 0 Å². The van der Waals surface area contributed by atoms with E-state index in [0.717, 1.165) is 74.0 Å². The van der Waals surface area contributed by atoms with Crippen molar-refractivity contribution >= 4 is 40.2 Å². The number of ether oxygens (including phenoxy) is 3. The quantitative estimate of drug-likeness (QED) is 0.0555. The molecule has 2 atom stereocenters. The molecule has 5 fully saturated rings. The van der Waals surface area contributed by atoms with Gasteiger partial charge in [-0.05, 0) is 124 Å². The zero-order chi connectivity index (χ0) is 42.9. The van der Waals surface area contributed by atoms with Gasteiger partial charge in [0, 0.05) is 54.9 Å². The van der Waals surface area contributed by atoms with Crippen LogP contribution in [0, 0.1) is 36.0 Å². The van der Waals surface area contributed by atoms with Crippen LogP contribution in [0.25, 0.3) is 16.7 Å². The highest BCUT2D eigenvalue weighted by Crippen LogP contribution is 2.66. The van der Waals surface area contributed by atoms with Crippen LogP contribution < -0.4 is 31.0 Å². The summed E-state index contributed by atoms with van der Waals surface area (Å²) in [6.07, 6.45) is 23.4. The molecular weight excluding hydrogens is 781 g/mol. The molecule has 2 unspecified atom stereocenters. The van der Waals surface area contributed by atoms with Crippen LogP contribution in [-0.4, -0.2) is 59.8 Å². The molecule has 62 heavy (non-hydrogen) atoms. The lowest BCUT2D eigenvalue weighted by Gasteiger charge is -2.32. The second-order valence-corrected chi connectivity index (χ2v) is 18.7. The summed E-state index contributed by atoms with van der Waals surface area (Å²) in [4.78, 5) is 47.8. The normalized spacial score (nSPS) is 21.0. The monoisotopic (exact) mass is 847 g/mol. The van der Waals surface area contributed by atoms with Crippen LogP contribution in [-0.2, 0) is 14.3 Å². The third-order valence-corrected chi connectivity index (χ3v) is 13.9. The minimum Gasteiger partial charge on any atom is -0.494 e. The van der Waals surface area contributed by atoms with Crippen molar-refractivity contribution in [2.45, 2.75) is 122 Å². The number of amides is 2. The third-order valence-electron chi connectivity index (χ3n) is 13.9. The van der Waals surface area contributed by atoms with Gasteiger partial charge in [0.2, 0.25) is 17.8 Å². The topological polar surface area (TPSA) is 146 Å². The summed E-state index contributed by atoms with van der Waals surface area (Å²) in [7, 11) is 1.59. The number of hydrogen-bond donors (Lipinski definition) is 3. The average Bonchev–Trinajstić information content (AvgIpc) is 4.04. The molecule has 4 bridgehead atoms. The summed E-state index contributed by atoms with van der Waals surface area (Å²) in [6.45, 7) is 4.38. The van der Waals surface area contributed by atoms with Gasteiger partial charge in [-0.3, -0.25) is 19.0 Å². The zero-order valence-electron chi connectivity index (χ0n) is 36.9. The SMILES string of the molecule is COc1cc(OCCOCCCCCCCCCCCCNC(=O)CC23CC4CC(CC2C4)C3)ccc1Nc1ncc2c(C)cc(=O)n(-c3cccc(NC(=O)C4CC4)c3)c2n1. The molecule has 9 rings (SSSR count). The van der Waals surface area contributed by atoms with E-state index in [4.69, 9.17) is 19.2 Å². The Kier molecular flexibility index (Phi) is 14.4. The Balaban J connectivity index is 0.684. The number of benzene rings is 2. The van der Waals surface area contributed by atoms with Gasteiger partial charge in [0.25, 0.3) is 5.56 Å². The molecular formula is C50H66N6O6. The van der Waals surface area contributed by atoms with E-state index >= 15 is 0 Å². The number of fused-ring (bicyclic) bond motifs is 1. The number of aromatic nitrogens is 3. The van der Waals surface area contributed by atoms with Crippen molar-refractivity contribution in [2.75, 3.05) is 44.1 Å². The predicted octanol–water partition coefficient (Wildman–Crippen LogP) is 9.82. The van der Waals surface area contributed by atoms with Gasteiger partial charge in [-0.1, -0.05) is 57.4 Å². The van der Waals surface area contributed by atoms with Gasteiger partial charge < -0.3 is 30.2 Å². The lowest BCUT2D eigenvalue weighted by atomic mass is 9.73. The summed E-state index contributed by atoms with van der Waals surface area (Å²) >= 11 is 0. The van der Waals surface area contributed by atoms with E-state index in [1.165, 1.54) is 88.0 Å². The molecule has 4 aromatic rings. The molecule has 0 aliphatic heterocycles.